The monoisotopic (exact) mass is 405 g/mol. The second kappa shape index (κ2) is 7.49. The Morgan fingerprint density at radius 1 is 1.07 bits per heavy atom. The minimum absolute atomic E-state index is 0.0883. The van der Waals surface area contributed by atoms with Gasteiger partial charge >= 0.3 is 5.97 Å². The lowest BCUT2D eigenvalue weighted by atomic mass is 9.42. The maximum absolute atomic E-state index is 11.1. The van der Waals surface area contributed by atoms with E-state index in [1.807, 2.05) is 0 Å². The highest BCUT2D eigenvalue weighted by Crippen LogP contribution is 2.67. The van der Waals surface area contributed by atoms with Crippen LogP contribution in [-0.4, -0.2) is 29.2 Å². The first-order valence-corrected chi connectivity index (χ1v) is 12.1. The zero-order valence-corrected chi connectivity index (χ0v) is 18.6. The summed E-state index contributed by atoms with van der Waals surface area (Å²) in [5, 5.41) is 9.15. The van der Waals surface area contributed by atoms with E-state index in [4.69, 9.17) is 22.3 Å². The van der Waals surface area contributed by atoms with Crippen molar-refractivity contribution in [3.05, 3.63) is 0 Å². The summed E-state index contributed by atoms with van der Waals surface area (Å²) in [6.07, 6.45) is 9.09. The van der Waals surface area contributed by atoms with Gasteiger partial charge in [-0.3, -0.25) is 4.79 Å². The van der Waals surface area contributed by atoms with Crippen LogP contribution >= 0.6 is 0 Å². The summed E-state index contributed by atoms with van der Waals surface area (Å²) in [4.78, 5) is 11.1. The third-order valence-electron chi connectivity index (χ3n) is 10.6. The van der Waals surface area contributed by atoms with Crippen LogP contribution in [0.15, 0.2) is 0 Å². The molecule has 5 heteroatoms. The Labute approximate surface area is 176 Å². The number of nitrogens with two attached hydrogens (primary N) is 3. The Morgan fingerprint density at radius 3 is 2.48 bits per heavy atom. The Hall–Kier alpha value is -0.650. The van der Waals surface area contributed by atoms with E-state index in [2.05, 4.69) is 20.8 Å². The molecule has 0 bridgehead atoms. The number of carbonyl (C=O) groups is 1. The molecule has 7 N–H and O–H groups in total. The van der Waals surface area contributed by atoms with Gasteiger partial charge in [-0.1, -0.05) is 20.8 Å². The number of hydrogen-bond acceptors (Lipinski definition) is 4. The maximum Gasteiger partial charge on any atom is 0.303 e. The van der Waals surface area contributed by atoms with Gasteiger partial charge in [0.2, 0.25) is 0 Å². The summed E-state index contributed by atoms with van der Waals surface area (Å²) >= 11 is 0. The molecular weight excluding hydrogens is 362 g/mol. The molecule has 0 heterocycles. The number of rotatable bonds is 4. The highest BCUT2D eigenvalue weighted by atomic mass is 16.4. The molecule has 0 aromatic rings. The SMILES string of the molecule is C[C@H](CCC(=O)O)[C@H]1CC[C@H]2[C@@H]3[C@H](N)C[C@@H]4C[C@H](N)CC[C@]4(C)[C@H]3C[C@H](N)[C@]12C. The standard InChI is InChI=1S/C24H43N3O2/c1-13(4-7-21(28)29)16-5-6-17-22-18(12-20(27)24(16,17)3)23(2)9-8-15(25)10-14(23)11-19(22)26/h13-20,22H,4-12,25-27H2,1-3H3,(H,28,29)/t13-,14+,15-,16-,17+,18+,19-,20+,22+,23+,24-/m1/s1. The molecule has 29 heavy (non-hydrogen) atoms. The molecule has 11 atom stereocenters. The smallest absolute Gasteiger partial charge is 0.303 e. The van der Waals surface area contributed by atoms with Gasteiger partial charge in [0.1, 0.15) is 0 Å². The lowest BCUT2D eigenvalue weighted by Crippen LogP contribution is -2.65. The third kappa shape index (κ3) is 3.27. The Balaban J connectivity index is 1.61. The number of carboxylic acid groups (broad SMARTS) is 1. The lowest BCUT2D eigenvalue weighted by molar-refractivity contribution is -0.138. The fourth-order valence-electron chi connectivity index (χ4n) is 8.93. The number of fused-ring (bicyclic) bond motifs is 5. The van der Waals surface area contributed by atoms with Crippen LogP contribution < -0.4 is 17.2 Å². The topological polar surface area (TPSA) is 115 Å². The zero-order valence-electron chi connectivity index (χ0n) is 18.6. The van der Waals surface area contributed by atoms with Crippen molar-refractivity contribution < 1.29 is 9.90 Å². The lowest BCUT2D eigenvalue weighted by Gasteiger charge is -2.64. The van der Waals surface area contributed by atoms with Crippen molar-refractivity contribution in [3.8, 4) is 0 Å². The van der Waals surface area contributed by atoms with Crippen LogP contribution in [0.2, 0.25) is 0 Å². The van der Waals surface area contributed by atoms with Crippen LogP contribution in [-0.2, 0) is 4.79 Å². The second-order valence-corrected chi connectivity index (χ2v) is 11.7. The molecule has 0 aromatic carbocycles. The molecule has 0 unspecified atom stereocenters. The van der Waals surface area contributed by atoms with Gasteiger partial charge in [-0.05, 0) is 97.7 Å². The summed E-state index contributed by atoms with van der Waals surface area (Å²) < 4.78 is 0. The highest BCUT2D eigenvalue weighted by molar-refractivity contribution is 5.66. The molecule has 4 saturated carbocycles. The van der Waals surface area contributed by atoms with Gasteiger partial charge in [-0.25, -0.2) is 0 Å². The minimum Gasteiger partial charge on any atom is -0.481 e. The summed E-state index contributed by atoms with van der Waals surface area (Å²) in [6.45, 7) is 7.19. The molecule has 4 aliphatic carbocycles. The molecular formula is C24H43N3O2. The van der Waals surface area contributed by atoms with Gasteiger partial charge in [0.05, 0.1) is 0 Å². The van der Waals surface area contributed by atoms with E-state index >= 15 is 0 Å². The first kappa shape index (κ1) is 21.6. The fraction of sp³-hybridized carbons (Fsp3) is 0.958. The van der Waals surface area contributed by atoms with E-state index in [1.54, 1.807) is 0 Å². The van der Waals surface area contributed by atoms with Crippen LogP contribution in [0, 0.1) is 46.3 Å². The molecule has 0 spiro atoms. The predicted octanol–water partition coefficient (Wildman–Crippen LogP) is 3.35. The third-order valence-corrected chi connectivity index (χ3v) is 10.6. The van der Waals surface area contributed by atoms with Crippen molar-refractivity contribution >= 4 is 5.97 Å². The number of hydrogen-bond donors (Lipinski definition) is 4. The first-order chi connectivity index (χ1) is 13.6. The largest absolute Gasteiger partial charge is 0.481 e. The van der Waals surface area contributed by atoms with Gasteiger partial charge in [-0.2, -0.15) is 0 Å². The van der Waals surface area contributed by atoms with Crippen LogP contribution in [0.4, 0.5) is 0 Å². The molecule has 4 fully saturated rings. The average Bonchev–Trinajstić information content (AvgIpc) is 3.01. The minimum atomic E-state index is -0.687. The van der Waals surface area contributed by atoms with E-state index in [0.29, 0.717) is 47.0 Å². The highest BCUT2D eigenvalue weighted by Gasteiger charge is 2.64. The predicted molar refractivity (Wildman–Crippen MR) is 116 cm³/mol. The first-order valence-electron chi connectivity index (χ1n) is 12.1. The average molecular weight is 406 g/mol. The molecule has 0 amide bonds. The summed E-state index contributed by atoms with van der Waals surface area (Å²) in [6, 6.07) is 0.783. The second-order valence-electron chi connectivity index (χ2n) is 11.7. The van der Waals surface area contributed by atoms with Gasteiger partial charge in [0.25, 0.3) is 0 Å². The Morgan fingerprint density at radius 2 is 1.79 bits per heavy atom. The number of carboxylic acids is 1. The van der Waals surface area contributed by atoms with Gasteiger partial charge in [-0.15, -0.1) is 0 Å². The molecule has 0 aromatic heterocycles. The summed E-state index contributed by atoms with van der Waals surface area (Å²) in [5.74, 6) is 2.63. The van der Waals surface area contributed by atoms with Gasteiger partial charge in [0.15, 0.2) is 0 Å². The van der Waals surface area contributed by atoms with Crippen LogP contribution in [0.5, 0.6) is 0 Å². The quantitative estimate of drug-likeness (QED) is 0.572. The van der Waals surface area contributed by atoms with Crippen LogP contribution in [0.1, 0.15) is 78.6 Å². The Bertz CT molecular complexity index is 642. The van der Waals surface area contributed by atoms with Crippen molar-refractivity contribution in [2.24, 2.45) is 63.5 Å². The van der Waals surface area contributed by atoms with E-state index in [0.717, 1.165) is 32.1 Å². The van der Waals surface area contributed by atoms with E-state index in [-0.39, 0.29) is 23.9 Å². The van der Waals surface area contributed by atoms with E-state index in [9.17, 15) is 4.79 Å². The van der Waals surface area contributed by atoms with E-state index < -0.39 is 5.97 Å². The van der Waals surface area contributed by atoms with Crippen molar-refractivity contribution in [2.75, 3.05) is 0 Å². The van der Waals surface area contributed by atoms with Crippen LogP contribution in [0.25, 0.3) is 0 Å². The van der Waals surface area contributed by atoms with E-state index in [1.165, 1.54) is 19.3 Å². The Kier molecular flexibility index (Phi) is 5.57. The maximum atomic E-state index is 11.1. The molecule has 0 saturated heterocycles. The zero-order chi connectivity index (χ0) is 21.1. The summed E-state index contributed by atoms with van der Waals surface area (Å²) in [7, 11) is 0. The van der Waals surface area contributed by atoms with Crippen LogP contribution in [0.3, 0.4) is 0 Å². The summed E-state index contributed by atoms with van der Waals surface area (Å²) in [5.41, 5.74) is 20.7. The molecule has 4 rings (SSSR count). The molecule has 5 nitrogen and oxygen atoms in total. The van der Waals surface area contributed by atoms with Crippen molar-refractivity contribution in [1.82, 2.24) is 0 Å². The fourth-order valence-corrected chi connectivity index (χ4v) is 8.93. The van der Waals surface area contributed by atoms with Crippen molar-refractivity contribution in [3.63, 3.8) is 0 Å². The molecule has 4 aliphatic rings. The molecule has 0 radical (unpaired) electrons. The van der Waals surface area contributed by atoms with Gasteiger partial charge in [0, 0.05) is 24.5 Å². The number of aliphatic carboxylic acids is 1. The molecule has 0 aliphatic heterocycles. The molecule has 166 valence electrons. The van der Waals surface area contributed by atoms with Crippen molar-refractivity contribution in [1.29, 1.82) is 0 Å². The van der Waals surface area contributed by atoms with Gasteiger partial charge < -0.3 is 22.3 Å². The normalized spacial score (nSPS) is 52.9. The van der Waals surface area contributed by atoms with Crippen molar-refractivity contribution in [2.45, 2.75) is 96.7 Å².